The topological polar surface area (TPSA) is 111 Å². The number of non-ortho nitro benzene ring substituents is 1. The van der Waals surface area contributed by atoms with Gasteiger partial charge in [-0.1, -0.05) is 24.3 Å². The van der Waals surface area contributed by atoms with Crippen LogP contribution in [0.15, 0.2) is 66.5 Å². The molecule has 2 aromatic carbocycles. The third kappa shape index (κ3) is 4.90. The third-order valence-electron chi connectivity index (χ3n) is 3.13. The summed E-state index contributed by atoms with van der Waals surface area (Å²) in [5.41, 5.74) is 0.506. The summed E-state index contributed by atoms with van der Waals surface area (Å²) in [4.78, 5) is 34.2. The molecule has 0 aliphatic rings. The summed E-state index contributed by atoms with van der Waals surface area (Å²) in [5.74, 6) is -1.25. The molecule has 25 heavy (non-hydrogen) atoms. The van der Waals surface area contributed by atoms with Crippen LogP contribution < -0.4 is 10.6 Å². The number of amides is 1. The van der Waals surface area contributed by atoms with Crippen LogP contribution in [0.25, 0.3) is 0 Å². The second-order valence-electron chi connectivity index (χ2n) is 4.82. The fourth-order valence-electron chi connectivity index (χ4n) is 1.90. The number of nitro groups is 1. The van der Waals surface area contributed by atoms with Crippen LogP contribution in [0, 0.1) is 10.1 Å². The highest BCUT2D eigenvalue weighted by Crippen LogP contribution is 2.17. The molecule has 2 aromatic rings. The van der Waals surface area contributed by atoms with E-state index in [1.165, 1.54) is 31.5 Å². The van der Waals surface area contributed by atoms with Crippen LogP contribution in [0.5, 0.6) is 0 Å². The van der Waals surface area contributed by atoms with Crippen LogP contribution in [0.1, 0.15) is 10.4 Å². The summed E-state index contributed by atoms with van der Waals surface area (Å²) >= 11 is 0. The van der Waals surface area contributed by atoms with Crippen LogP contribution in [-0.4, -0.2) is 23.9 Å². The van der Waals surface area contributed by atoms with E-state index >= 15 is 0 Å². The minimum atomic E-state index is -0.762. The molecule has 0 spiro atoms. The predicted molar refractivity (Wildman–Crippen MR) is 90.7 cm³/mol. The standard InChI is InChI=1S/C17H15N3O5/c1-25-17(22)15(19-16(21)12-6-3-2-4-7-12)11-18-13-8-5-9-14(10-13)20(23)24/h2-11,18H,1H3,(H,19,21)/b15-11-. The van der Waals surface area contributed by atoms with Gasteiger partial charge in [0.15, 0.2) is 0 Å². The zero-order chi connectivity index (χ0) is 18.2. The molecular weight excluding hydrogens is 326 g/mol. The fourth-order valence-corrected chi connectivity index (χ4v) is 1.90. The molecule has 0 atom stereocenters. The number of ether oxygens (including phenoxy) is 1. The molecule has 0 radical (unpaired) electrons. The molecule has 0 unspecified atom stereocenters. The smallest absolute Gasteiger partial charge is 0.356 e. The average Bonchev–Trinajstić information content (AvgIpc) is 2.65. The molecule has 0 bridgehead atoms. The number of carbonyl (C=O) groups is 2. The van der Waals surface area contributed by atoms with Gasteiger partial charge in [-0.2, -0.15) is 0 Å². The highest BCUT2D eigenvalue weighted by Gasteiger charge is 2.15. The van der Waals surface area contributed by atoms with E-state index in [0.29, 0.717) is 11.3 Å². The number of benzene rings is 2. The number of carbonyl (C=O) groups excluding carboxylic acids is 2. The Labute approximate surface area is 143 Å². The lowest BCUT2D eigenvalue weighted by atomic mass is 10.2. The van der Waals surface area contributed by atoms with Gasteiger partial charge in [0, 0.05) is 29.6 Å². The monoisotopic (exact) mass is 341 g/mol. The Hall–Kier alpha value is -3.68. The minimum absolute atomic E-state index is 0.105. The number of hydrogen-bond donors (Lipinski definition) is 2. The Kier molecular flexibility index (Phi) is 5.83. The fraction of sp³-hybridized carbons (Fsp3) is 0.0588. The molecule has 0 aliphatic heterocycles. The summed E-state index contributed by atoms with van der Waals surface area (Å²) in [7, 11) is 1.18. The second-order valence-corrected chi connectivity index (χ2v) is 4.82. The number of anilines is 1. The quantitative estimate of drug-likeness (QED) is 0.361. The van der Waals surface area contributed by atoms with E-state index in [0.717, 1.165) is 0 Å². The summed E-state index contributed by atoms with van der Waals surface area (Å²) < 4.78 is 4.63. The van der Waals surface area contributed by atoms with E-state index in [2.05, 4.69) is 15.4 Å². The molecule has 128 valence electrons. The van der Waals surface area contributed by atoms with Crippen molar-refractivity contribution in [2.45, 2.75) is 0 Å². The van der Waals surface area contributed by atoms with Crippen LogP contribution in [-0.2, 0) is 9.53 Å². The molecule has 0 heterocycles. The van der Waals surface area contributed by atoms with Crippen molar-refractivity contribution >= 4 is 23.3 Å². The molecule has 1 amide bonds. The zero-order valence-electron chi connectivity index (χ0n) is 13.3. The van der Waals surface area contributed by atoms with Crippen LogP contribution in [0.2, 0.25) is 0 Å². The summed E-state index contributed by atoms with van der Waals surface area (Å²) in [5, 5.41) is 16.0. The van der Waals surface area contributed by atoms with Crippen molar-refractivity contribution in [1.29, 1.82) is 0 Å². The number of rotatable bonds is 6. The number of hydrogen-bond acceptors (Lipinski definition) is 6. The van der Waals surface area contributed by atoms with E-state index in [-0.39, 0.29) is 11.4 Å². The van der Waals surface area contributed by atoms with Crippen LogP contribution in [0.3, 0.4) is 0 Å². The summed E-state index contributed by atoms with van der Waals surface area (Å²) in [6.45, 7) is 0. The van der Waals surface area contributed by atoms with Gasteiger partial charge >= 0.3 is 5.97 Å². The van der Waals surface area contributed by atoms with Gasteiger partial charge in [0.1, 0.15) is 5.70 Å². The Morgan fingerprint density at radius 3 is 2.48 bits per heavy atom. The van der Waals surface area contributed by atoms with Crippen molar-refractivity contribution in [2.75, 3.05) is 12.4 Å². The maximum absolute atomic E-state index is 12.2. The van der Waals surface area contributed by atoms with E-state index in [1.807, 2.05) is 0 Å². The molecule has 0 aliphatic carbocycles. The van der Waals surface area contributed by atoms with Gasteiger partial charge in [-0.05, 0) is 18.2 Å². The Balaban J connectivity index is 2.18. The largest absolute Gasteiger partial charge is 0.464 e. The summed E-state index contributed by atoms with van der Waals surface area (Å²) in [6, 6.07) is 14.0. The first-order valence-electron chi connectivity index (χ1n) is 7.17. The Morgan fingerprint density at radius 2 is 1.84 bits per heavy atom. The molecule has 0 aromatic heterocycles. The first-order chi connectivity index (χ1) is 12.0. The lowest BCUT2D eigenvalue weighted by Crippen LogP contribution is -2.28. The van der Waals surface area contributed by atoms with Gasteiger partial charge in [-0.3, -0.25) is 14.9 Å². The van der Waals surface area contributed by atoms with E-state index in [1.54, 1.807) is 36.4 Å². The van der Waals surface area contributed by atoms with Crippen molar-refractivity contribution in [3.05, 3.63) is 82.2 Å². The maximum Gasteiger partial charge on any atom is 0.356 e. The van der Waals surface area contributed by atoms with Crippen molar-refractivity contribution < 1.29 is 19.2 Å². The van der Waals surface area contributed by atoms with Gasteiger partial charge in [0.05, 0.1) is 12.0 Å². The normalized spacial score (nSPS) is 10.7. The lowest BCUT2D eigenvalue weighted by molar-refractivity contribution is -0.384. The molecule has 0 fully saturated rings. The van der Waals surface area contributed by atoms with E-state index in [4.69, 9.17) is 0 Å². The summed E-state index contributed by atoms with van der Waals surface area (Å²) in [6.07, 6.45) is 1.21. The molecule has 8 heteroatoms. The van der Waals surface area contributed by atoms with Crippen molar-refractivity contribution in [3.8, 4) is 0 Å². The van der Waals surface area contributed by atoms with Gasteiger partial charge in [0.2, 0.25) is 0 Å². The highest BCUT2D eigenvalue weighted by atomic mass is 16.6. The van der Waals surface area contributed by atoms with Gasteiger partial charge < -0.3 is 15.4 Å². The molecule has 8 nitrogen and oxygen atoms in total. The zero-order valence-corrected chi connectivity index (χ0v) is 13.3. The molecule has 0 saturated heterocycles. The Morgan fingerprint density at radius 1 is 1.12 bits per heavy atom. The third-order valence-corrected chi connectivity index (χ3v) is 3.13. The predicted octanol–water partition coefficient (Wildman–Crippen LogP) is 2.45. The number of methoxy groups -OCH3 is 1. The Bertz CT molecular complexity index is 818. The van der Waals surface area contributed by atoms with Crippen molar-refractivity contribution in [2.24, 2.45) is 0 Å². The second kappa shape index (κ2) is 8.25. The number of nitrogens with one attached hydrogen (secondary N) is 2. The first kappa shape index (κ1) is 17.7. The SMILES string of the molecule is COC(=O)/C(=C/Nc1cccc([N+](=O)[O-])c1)NC(=O)c1ccccc1. The molecule has 2 N–H and O–H groups in total. The van der Waals surface area contributed by atoms with Gasteiger partial charge in [-0.25, -0.2) is 4.79 Å². The minimum Gasteiger partial charge on any atom is -0.464 e. The number of esters is 1. The lowest BCUT2D eigenvalue weighted by Gasteiger charge is -2.09. The van der Waals surface area contributed by atoms with E-state index in [9.17, 15) is 19.7 Å². The molecule has 2 rings (SSSR count). The maximum atomic E-state index is 12.2. The van der Waals surface area contributed by atoms with Crippen LogP contribution >= 0.6 is 0 Å². The number of nitro benzene ring substituents is 1. The van der Waals surface area contributed by atoms with Crippen LogP contribution in [0.4, 0.5) is 11.4 Å². The van der Waals surface area contributed by atoms with Gasteiger partial charge in [0.25, 0.3) is 11.6 Å². The molecule has 0 saturated carbocycles. The van der Waals surface area contributed by atoms with Crippen molar-refractivity contribution in [1.82, 2.24) is 5.32 Å². The highest BCUT2D eigenvalue weighted by molar-refractivity contribution is 6.01. The first-order valence-corrected chi connectivity index (χ1v) is 7.17. The van der Waals surface area contributed by atoms with Crippen molar-refractivity contribution in [3.63, 3.8) is 0 Å². The van der Waals surface area contributed by atoms with E-state index < -0.39 is 16.8 Å². The van der Waals surface area contributed by atoms with Gasteiger partial charge in [-0.15, -0.1) is 0 Å². The number of nitrogens with zero attached hydrogens (tertiary/aromatic N) is 1. The average molecular weight is 341 g/mol. The molecular formula is C17H15N3O5.